The highest BCUT2D eigenvalue weighted by Gasteiger charge is 2.33. The molecule has 1 saturated heterocycles. The van der Waals surface area contributed by atoms with Crippen LogP contribution in [-0.2, 0) is 19.1 Å². The van der Waals surface area contributed by atoms with Crippen LogP contribution in [0.25, 0.3) is 0 Å². The first-order valence-electron chi connectivity index (χ1n) is 5.80. The molecule has 0 aromatic rings. The van der Waals surface area contributed by atoms with Gasteiger partial charge in [-0.1, -0.05) is 0 Å². The predicted molar refractivity (Wildman–Crippen MR) is 61.2 cm³/mol. The Morgan fingerprint density at radius 3 is 2.82 bits per heavy atom. The molecule has 1 heterocycles. The Morgan fingerprint density at radius 2 is 2.29 bits per heavy atom. The van der Waals surface area contributed by atoms with Crippen LogP contribution in [0.5, 0.6) is 0 Å². The van der Waals surface area contributed by atoms with Gasteiger partial charge in [0.05, 0.1) is 18.8 Å². The normalized spacial score (nSPS) is 26.1. The fourth-order valence-electron chi connectivity index (χ4n) is 1.75. The molecule has 17 heavy (non-hydrogen) atoms. The number of rotatable bonds is 4. The van der Waals surface area contributed by atoms with Crippen molar-refractivity contribution in [2.75, 3.05) is 19.8 Å². The SMILES string of the molecule is CCOC(=O)C(N)C(=O)NC1(C)CCCOC1. The molecule has 98 valence electrons. The second-order valence-electron chi connectivity index (χ2n) is 4.44. The third-order valence-electron chi connectivity index (χ3n) is 2.69. The molecule has 6 nitrogen and oxygen atoms in total. The Hall–Kier alpha value is -1.14. The number of carbonyl (C=O) groups excluding carboxylic acids is 2. The van der Waals surface area contributed by atoms with Crippen molar-refractivity contribution in [1.29, 1.82) is 0 Å². The third kappa shape index (κ3) is 3.98. The van der Waals surface area contributed by atoms with Crippen molar-refractivity contribution < 1.29 is 19.1 Å². The minimum absolute atomic E-state index is 0.209. The molecule has 1 rings (SSSR count). The number of ether oxygens (including phenoxy) is 2. The molecule has 0 saturated carbocycles. The van der Waals surface area contributed by atoms with Crippen LogP contribution in [0.15, 0.2) is 0 Å². The maximum Gasteiger partial charge on any atom is 0.332 e. The van der Waals surface area contributed by atoms with E-state index in [1.807, 2.05) is 6.92 Å². The van der Waals surface area contributed by atoms with E-state index in [0.717, 1.165) is 12.8 Å². The Balaban J connectivity index is 2.49. The van der Waals surface area contributed by atoms with Crippen LogP contribution in [-0.4, -0.2) is 43.3 Å². The maximum atomic E-state index is 11.7. The van der Waals surface area contributed by atoms with Gasteiger partial charge in [-0.2, -0.15) is 0 Å². The Morgan fingerprint density at radius 1 is 1.59 bits per heavy atom. The van der Waals surface area contributed by atoms with Crippen LogP contribution in [0.3, 0.4) is 0 Å². The van der Waals surface area contributed by atoms with Crippen LogP contribution >= 0.6 is 0 Å². The summed E-state index contributed by atoms with van der Waals surface area (Å²) in [6.45, 7) is 4.89. The van der Waals surface area contributed by atoms with E-state index in [-0.39, 0.29) is 6.61 Å². The molecule has 0 aliphatic carbocycles. The highest BCUT2D eigenvalue weighted by atomic mass is 16.5. The summed E-state index contributed by atoms with van der Waals surface area (Å²) in [5, 5.41) is 2.74. The molecule has 3 N–H and O–H groups in total. The van der Waals surface area contributed by atoms with Crippen LogP contribution < -0.4 is 11.1 Å². The molecule has 0 radical (unpaired) electrons. The lowest BCUT2D eigenvalue weighted by Gasteiger charge is -2.34. The van der Waals surface area contributed by atoms with E-state index in [1.54, 1.807) is 6.92 Å². The van der Waals surface area contributed by atoms with Gasteiger partial charge in [0.2, 0.25) is 5.91 Å². The van der Waals surface area contributed by atoms with E-state index in [0.29, 0.717) is 13.2 Å². The average molecular weight is 244 g/mol. The number of hydrogen-bond acceptors (Lipinski definition) is 5. The van der Waals surface area contributed by atoms with Crippen molar-refractivity contribution in [3.8, 4) is 0 Å². The number of esters is 1. The van der Waals surface area contributed by atoms with Gasteiger partial charge >= 0.3 is 5.97 Å². The zero-order chi connectivity index (χ0) is 12.9. The van der Waals surface area contributed by atoms with E-state index < -0.39 is 23.5 Å². The summed E-state index contributed by atoms with van der Waals surface area (Å²) < 4.78 is 9.99. The van der Waals surface area contributed by atoms with Gasteiger partial charge in [0.15, 0.2) is 6.04 Å². The number of hydrogen-bond donors (Lipinski definition) is 2. The van der Waals surface area contributed by atoms with E-state index in [9.17, 15) is 9.59 Å². The molecule has 0 aromatic heterocycles. The summed E-state index contributed by atoms with van der Waals surface area (Å²) in [5.41, 5.74) is 5.05. The fourth-order valence-corrected chi connectivity index (χ4v) is 1.75. The van der Waals surface area contributed by atoms with Crippen molar-refractivity contribution >= 4 is 11.9 Å². The van der Waals surface area contributed by atoms with Crippen molar-refractivity contribution in [2.24, 2.45) is 5.73 Å². The second-order valence-corrected chi connectivity index (χ2v) is 4.44. The van der Waals surface area contributed by atoms with Crippen LogP contribution in [0, 0.1) is 0 Å². The van der Waals surface area contributed by atoms with Gasteiger partial charge in [0.25, 0.3) is 0 Å². The van der Waals surface area contributed by atoms with Gasteiger partial charge in [0, 0.05) is 6.61 Å². The smallest absolute Gasteiger partial charge is 0.332 e. The lowest BCUT2D eigenvalue weighted by atomic mass is 9.94. The van der Waals surface area contributed by atoms with Crippen molar-refractivity contribution in [1.82, 2.24) is 5.32 Å². The first-order chi connectivity index (χ1) is 7.98. The predicted octanol–water partition coefficient (Wildman–Crippen LogP) is -0.438. The average Bonchev–Trinajstić information content (AvgIpc) is 2.28. The molecular weight excluding hydrogens is 224 g/mol. The number of carbonyl (C=O) groups is 2. The van der Waals surface area contributed by atoms with Gasteiger partial charge < -0.3 is 20.5 Å². The Bertz CT molecular complexity index is 287. The molecule has 1 aliphatic rings. The van der Waals surface area contributed by atoms with Gasteiger partial charge in [-0.25, -0.2) is 4.79 Å². The molecule has 0 spiro atoms. The highest BCUT2D eigenvalue weighted by Crippen LogP contribution is 2.18. The number of nitrogens with one attached hydrogen (secondary N) is 1. The number of amides is 1. The summed E-state index contributed by atoms with van der Waals surface area (Å²) in [6.07, 6.45) is 1.69. The van der Waals surface area contributed by atoms with Gasteiger partial charge in [0.1, 0.15) is 0 Å². The van der Waals surface area contributed by atoms with Crippen LogP contribution in [0.1, 0.15) is 26.7 Å². The van der Waals surface area contributed by atoms with Crippen LogP contribution in [0.2, 0.25) is 0 Å². The van der Waals surface area contributed by atoms with Gasteiger partial charge in [-0.15, -0.1) is 0 Å². The largest absolute Gasteiger partial charge is 0.464 e. The van der Waals surface area contributed by atoms with Gasteiger partial charge in [-0.3, -0.25) is 4.79 Å². The first kappa shape index (κ1) is 13.9. The van der Waals surface area contributed by atoms with E-state index in [2.05, 4.69) is 5.32 Å². The fraction of sp³-hybridized carbons (Fsp3) is 0.818. The van der Waals surface area contributed by atoms with Crippen molar-refractivity contribution in [2.45, 2.75) is 38.3 Å². The summed E-state index contributed by atoms with van der Waals surface area (Å²) in [4.78, 5) is 23.0. The molecular formula is C11H20N2O4. The van der Waals surface area contributed by atoms with Gasteiger partial charge in [-0.05, 0) is 26.7 Å². The molecule has 2 unspecified atom stereocenters. The molecule has 1 amide bonds. The molecule has 0 aromatic carbocycles. The zero-order valence-corrected chi connectivity index (χ0v) is 10.3. The lowest BCUT2D eigenvalue weighted by Crippen LogP contribution is -2.57. The third-order valence-corrected chi connectivity index (χ3v) is 2.69. The molecule has 1 fully saturated rings. The standard InChI is InChI=1S/C11H20N2O4/c1-3-17-10(15)8(12)9(14)13-11(2)5-4-6-16-7-11/h8H,3-7,12H2,1-2H3,(H,13,14). The minimum Gasteiger partial charge on any atom is -0.464 e. The molecule has 1 aliphatic heterocycles. The number of nitrogens with two attached hydrogens (primary N) is 1. The first-order valence-corrected chi connectivity index (χ1v) is 5.80. The summed E-state index contributed by atoms with van der Waals surface area (Å²) >= 11 is 0. The zero-order valence-electron chi connectivity index (χ0n) is 10.3. The Kier molecular flexibility index (Phi) is 4.89. The van der Waals surface area contributed by atoms with E-state index in [4.69, 9.17) is 15.2 Å². The highest BCUT2D eigenvalue weighted by molar-refractivity contribution is 6.01. The monoisotopic (exact) mass is 244 g/mol. The maximum absolute atomic E-state index is 11.7. The summed E-state index contributed by atoms with van der Waals surface area (Å²) in [6, 6.07) is -1.27. The summed E-state index contributed by atoms with van der Waals surface area (Å²) in [7, 11) is 0. The second kappa shape index (κ2) is 5.97. The molecule has 6 heteroatoms. The summed E-state index contributed by atoms with van der Waals surface area (Å²) in [5.74, 6) is -1.22. The van der Waals surface area contributed by atoms with E-state index in [1.165, 1.54) is 0 Å². The molecule has 0 bridgehead atoms. The Labute approximate surface area is 101 Å². The minimum atomic E-state index is -1.27. The quantitative estimate of drug-likeness (QED) is 0.517. The van der Waals surface area contributed by atoms with Crippen molar-refractivity contribution in [3.05, 3.63) is 0 Å². The van der Waals surface area contributed by atoms with Crippen molar-refractivity contribution in [3.63, 3.8) is 0 Å². The van der Waals surface area contributed by atoms with E-state index >= 15 is 0 Å². The molecule has 2 atom stereocenters. The lowest BCUT2D eigenvalue weighted by molar-refractivity contribution is -0.148. The van der Waals surface area contributed by atoms with Crippen LogP contribution in [0.4, 0.5) is 0 Å². The topological polar surface area (TPSA) is 90.7 Å².